The van der Waals surface area contributed by atoms with Crippen molar-refractivity contribution in [1.82, 2.24) is 9.80 Å². The van der Waals surface area contributed by atoms with Crippen LogP contribution in [0.5, 0.6) is 0 Å². The molecule has 0 aliphatic heterocycles. The van der Waals surface area contributed by atoms with Crippen LogP contribution in [-0.2, 0) is 16.0 Å². The Bertz CT molecular complexity index is 563. The smallest absolute Gasteiger partial charge is 0.209 e. The maximum Gasteiger partial charge on any atom is 0.209 e. The van der Waals surface area contributed by atoms with E-state index in [4.69, 9.17) is 5.73 Å². The average molecular weight is 443 g/mol. The molecular formula is C20H35BrN4O2. The minimum Gasteiger partial charge on any atom is -1.00 e. The van der Waals surface area contributed by atoms with Crippen LogP contribution in [0.4, 0.5) is 5.69 Å². The zero-order valence-electron chi connectivity index (χ0n) is 17.2. The molecule has 7 heteroatoms. The van der Waals surface area contributed by atoms with Gasteiger partial charge in [0, 0.05) is 52.1 Å². The number of rotatable bonds is 13. The number of carbonyl (C=O) groups excluding carboxylic acids is 2. The van der Waals surface area contributed by atoms with Crippen molar-refractivity contribution in [3.05, 3.63) is 29.3 Å². The summed E-state index contributed by atoms with van der Waals surface area (Å²) in [6.07, 6.45) is 4.64. The van der Waals surface area contributed by atoms with Crippen molar-refractivity contribution < 1.29 is 31.1 Å². The first kappa shape index (κ1) is 25.4. The topological polar surface area (TPSA) is 66.6 Å². The third-order valence-corrected chi connectivity index (χ3v) is 5.06. The molecule has 0 fully saturated rings. The molecule has 0 spiro atoms. The van der Waals surface area contributed by atoms with Gasteiger partial charge in [0.05, 0.1) is 26.7 Å². The van der Waals surface area contributed by atoms with Crippen molar-refractivity contribution >= 4 is 18.5 Å². The van der Waals surface area contributed by atoms with Gasteiger partial charge in [-0.1, -0.05) is 12.1 Å². The van der Waals surface area contributed by atoms with Gasteiger partial charge in [-0.05, 0) is 24.1 Å². The molecule has 1 aromatic carbocycles. The highest BCUT2D eigenvalue weighted by atomic mass is 79.9. The van der Waals surface area contributed by atoms with Gasteiger partial charge in [-0.25, -0.2) is 0 Å². The number of amides is 2. The Morgan fingerprint density at radius 3 is 1.96 bits per heavy atom. The predicted octanol–water partition coefficient (Wildman–Crippen LogP) is -1.47. The number of nitrogens with zero attached hydrogens (tertiary/aromatic N) is 3. The molecule has 1 rings (SSSR count). The number of hydrogen-bond acceptors (Lipinski definition) is 3. The van der Waals surface area contributed by atoms with Crippen molar-refractivity contribution in [2.24, 2.45) is 0 Å². The van der Waals surface area contributed by atoms with Gasteiger partial charge in [0.1, 0.15) is 0 Å². The van der Waals surface area contributed by atoms with Crippen molar-refractivity contribution in [2.75, 3.05) is 59.6 Å². The highest BCUT2D eigenvalue weighted by Gasteiger charge is 2.21. The number of quaternary nitrogens is 1. The Hall–Kier alpha value is -1.60. The lowest BCUT2D eigenvalue weighted by molar-refractivity contribution is -0.909. The maximum atomic E-state index is 10.8. The summed E-state index contributed by atoms with van der Waals surface area (Å²) in [5, 5.41) is 0. The molecule has 0 saturated carbocycles. The van der Waals surface area contributed by atoms with E-state index < -0.39 is 0 Å². The maximum absolute atomic E-state index is 10.8. The number of nitrogens with two attached hydrogens (primary N) is 1. The summed E-state index contributed by atoms with van der Waals surface area (Å²) in [5.41, 5.74) is 9.25. The predicted molar refractivity (Wildman–Crippen MR) is 107 cm³/mol. The van der Waals surface area contributed by atoms with Crippen LogP contribution in [-0.4, -0.2) is 81.0 Å². The zero-order chi connectivity index (χ0) is 19.6. The second-order valence-corrected chi connectivity index (χ2v) is 7.61. The lowest BCUT2D eigenvalue weighted by atomic mass is 10.1. The van der Waals surface area contributed by atoms with Gasteiger partial charge in [0.2, 0.25) is 12.8 Å². The Morgan fingerprint density at radius 1 is 1.00 bits per heavy atom. The van der Waals surface area contributed by atoms with E-state index in [2.05, 4.69) is 25.2 Å². The number of aryl methyl sites for hydroxylation is 1. The second kappa shape index (κ2) is 12.7. The molecule has 0 heterocycles. The molecule has 2 amide bonds. The van der Waals surface area contributed by atoms with Gasteiger partial charge < -0.3 is 37.0 Å². The first-order valence-electron chi connectivity index (χ1n) is 9.29. The Morgan fingerprint density at radius 2 is 1.52 bits per heavy atom. The summed E-state index contributed by atoms with van der Waals surface area (Å²) in [6.45, 7) is 6.57. The normalized spacial score (nSPS) is 10.8. The van der Waals surface area contributed by atoms with Gasteiger partial charge in [-0.15, -0.1) is 0 Å². The van der Waals surface area contributed by atoms with Gasteiger partial charge in [-0.3, -0.25) is 9.59 Å². The Kier molecular flexibility index (Phi) is 12.0. The fourth-order valence-corrected chi connectivity index (χ4v) is 3.09. The fourth-order valence-electron chi connectivity index (χ4n) is 3.09. The second-order valence-electron chi connectivity index (χ2n) is 7.61. The van der Waals surface area contributed by atoms with Gasteiger partial charge >= 0.3 is 0 Å². The molecule has 0 bridgehead atoms. The van der Waals surface area contributed by atoms with E-state index in [1.54, 1.807) is 9.80 Å². The number of benzene rings is 1. The standard InChI is InChI=1S/C20H35N4O2.BrH/c1-18-7-8-19(15-20(18)21)9-14-24(4,12-5-10-22(2)16-25)13-6-11-23(3)17-26;/h7-8,15-17H,5-6,9-14,21H2,1-4H3;1H/q+1;/p-1. The van der Waals surface area contributed by atoms with Crippen LogP contribution < -0.4 is 22.7 Å². The van der Waals surface area contributed by atoms with Crippen LogP contribution >= 0.6 is 0 Å². The summed E-state index contributed by atoms with van der Waals surface area (Å²) in [7, 11) is 5.89. The number of likely N-dealkylation sites (N-methyl/N-ethyl adjacent to an activating group) is 1. The number of anilines is 1. The van der Waals surface area contributed by atoms with E-state index in [1.807, 2.05) is 21.0 Å². The lowest BCUT2D eigenvalue weighted by Gasteiger charge is -2.35. The minimum atomic E-state index is 0. The summed E-state index contributed by atoms with van der Waals surface area (Å²) in [6, 6.07) is 6.30. The molecule has 0 aromatic heterocycles. The van der Waals surface area contributed by atoms with Crippen LogP contribution in [0.2, 0.25) is 0 Å². The molecule has 0 saturated heterocycles. The SMILES string of the molecule is Cc1ccc(CC[N+](C)(CCCN(C)C=O)CCCN(C)C=O)cc1N.[Br-]. The molecule has 6 nitrogen and oxygen atoms in total. The third-order valence-electron chi connectivity index (χ3n) is 5.06. The van der Waals surface area contributed by atoms with Crippen molar-refractivity contribution in [2.45, 2.75) is 26.2 Å². The van der Waals surface area contributed by atoms with E-state index in [9.17, 15) is 9.59 Å². The van der Waals surface area contributed by atoms with E-state index in [-0.39, 0.29) is 17.0 Å². The molecule has 154 valence electrons. The summed E-state index contributed by atoms with van der Waals surface area (Å²) >= 11 is 0. The van der Waals surface area contributed by atoms with Crippen molar-refractivity contribution in [3.8, 4) is 0 Å². The molecule has 1 aromatic rings. The molecular weight excluding hydrogens is 408 g/mol. The summed E-state index contributed by atoms with van der Waals surface area (Å²) in [5.74, 6) is 0. The number of carbonyl (C=O) groups is 2. The number of nitrogen functional groups attached to an aromatic ring is 1. The largest absolute Gasteiger partial charge is 1.00 e. The molecule has 27 heavy (non-hydrogen) atoms. The lowest BCUT2D eigenvalue weighted by Crippen LogP contribution is -3.00. The molecule has 0 radical (unpaired) electrons. The fraction of sp³-hybridized carbons (Fsp3) is 0.600. The molecule has 0 unspecified atom stereocenters. The third kappa shape index (κ3) is 9.77. The van der Waals surface area contributed by atoms with Crippen LogP contribution in [0.3, 0.4) is 0 Å². The number of hydrogen-bond donors (Lipinski definition) is 1. The van der Waals surface area contributed by atoms with E-state index in [0.717, 1.165) is 80.5 Å². The van der Waals surface area contributed by atoms with E-state index in [1.165, 1.54) is 5.56 Å². The van der Waals surface area contributed by atoms with Gasteiger partial charge in [0.25, 0.3) is 0 Å². The summed E-state index contributed by atoms with van der Waals surface area (Å²) in [4.78, 5) is 24.9. The van der Waals surface area contributed by atoms with Crippen molar-refractivity contribution in [3.63, 3.8) is 0 Å². The minimum absolute atomic E-state index is 0. The highest BCUT2D eigenvalue weighted by molar-refractivity contribution is 5.48. The quantitative estimate of drug-likeness (QED) is 0.230. The van der Waals surface area contributed by atoms with E-state index in [0.29, 0.717) is 0 Å². The molecule has 0 aliphatic carbocycles. The van der Waals surface area contributed by atoms with Crippen LogP contribution in [0, 0.1) is 6.92 Å². The first-order chi connectivity index (χ1) is 12.3. The highest BCUT2D eigenvalue weighted by Crippen LogP contribution is 2.16. The Balaban J connectivity index is 0.00000676. The molecule has 0 atom stereocenters. The first-order valence-corrected chi connectivity index (χ1v) is 9.29. The van der Waals surface area contributed by atoms with Crippen molar-refractivity contribution in [1.29, 1.82) is 0 Å². The van der Waals surface area contributed by atoms with Crippen LogP contribution in [0.25, 0.3) is 0 Å². The van der Waals surface area contributed by atoms with Crippen LogP contribution in [0.1, 0.15) is 24.0 Å². The number of halogens is 1. The monoisotopic (exact) mass is 442 g/mol. The van der Waals surface area contributed by atoms with E-state index >= 15 is 0 Å². The Labute approximate surface area is 174 Å². The summed E-state index contributed by atoms with van der Waals surface area (Å²) < 4.78 is 0.924. The zero-order valence-corrected chi connectivity index (χ0v) is 18.7. The van der Waals surface area contributed by atoms with Gasteiger partial charge in [-0.2, -0.15) is 0 Å². The molecule has 0 aliphatic rings. The van der Waals surface area contributed by atoms with Crippen LogP contribution in [0.15, 0.2) is 18.2 Å². The van der Waals surface area contributed by atoms with Gasteiger partial charge in [0.15, 0.2) is 0 Å². The average Bonchev–Trinajstić information content (AvgIpc) is 2.62. The molecule has 2 N–H and O–H groups in total.